The van der Waals surface area contributed by atoms with Gasteiger partial charge in [0.05, 0.1) is 18.3 Å². The molecule has 1 atom stereocenters. The zero-order valence-electron chi connectivity index (χ0n) is 12.2. The first-order valence-electron chi connectivity index (χ1n) is 6.32. The van der Waals surface area contributed by atoms with Crippen LogP contribution in [0.5, 0.6) is 0 Å². The molecule has 0 aromatic carbocycles. The van der Waals surface area contributed by atoms with Crippen LogP contribution in [-0.2, 0) is 14.3 Å². The summed E-state index contributed by atoms with van der Waals surface area (Å²) in [5.41, 5.74) is -0.0685. The van der Waals surface area contributed by atoms with Gasteiger partial charge < -0.3 is 15.2 Å². The molecule has 0 fully saturated rings. The van der Waals surface area contributed by atoms with Gasteiger partial charge in [0.2, 0.25) is 5.91 Å². The minimum atomic E-state index is -0.859. The average Bonchev–Trinajstić information content (AvgIpc) is 2.28. The van der Waals surface area contributed by atoms with Crippen molar-refractivity contribution < 1.29 is 19.4 Å². The third-order valence-electron chi connectivity index (χ3n) is 2.42. The molecule has 0 aliphatic carbocycles. The summed E-state index contributed by atoms with van der Waals surface area (Å²) in [5, 5.41) is 11.8. The van der Waals surface area contributed by atoms with Gasteiger partial charge in [0, 0.05) is 19.4 Å². The summed E-state index contributed by atoms with van der Waals surface area (Å²) in [6.45, 7) is 6.78. The fourth-order valence-corrected chi connectivity index (χ4v) is 2.30. The summed E-state index contributed by atoms with van der Waals surface area (Å²) in [4.78, 5) is 22.6. The molecular formula is C13H25NO4S. The van der Waals surface area contributed by atoms with Crippen molar-refractivity contribution in [2.24, 2.45) is 11.3 Å². The summed E-state index contributed by atoms with van der Waals surface area (Å²) in [6.07, 6.45) is 0.541. The third kappa shape index (κ3) is 10.8. The number of carboxylic acid groups (broad SMARTS) is 1. The molecule has 0 radical (unpaired) electrons. The van der Waals surface area contributed by atoms with Crippen molar-refractivity contribution in [3.05, 3.63) is 0 Å². The van der Waals surface area contributed by atoms with Crippen LogP contribution in [0.2, 0.25) is 0 Å². The molecule has 1 amide bonds. The molecule has 0 aromatic heterocycles. The van der Waals surface area contributed by atoms with E-state index in [4.69, 9.17) is 9.84 Å². The molecule has 5 nitrogen and oxygen atoms in total. The van der Waals surface area contributed by atoms with E-state index in [1.54, 1.807) is 7.11 Å². The Balaban J connectivity index is 3.98. The van der Waals surface area contributed by atoms with E-state index in [1.807, 2.05) is 20.8 Å². The Morgan fingerprint density at radius 2 is 2.00 bits per heavy atom. The smallest absolute Gasteiger partial charge is 0.308 e. The van der Waals surface area contributed by atoms with Gasteiger partial charge in [-0.3, -0.25) is 9.59 Å². The number of hydrogen-bond donors (Lipinski definition) is 2. The number of carboxylic acids is 1. The van der Waals surface area contributed by atoms with Gasteiger partial charge in [0.15, 0.2) is 0 Å². The molecule has 19 heavy (non-hydrogen) atoms. The van der Waals surface area contributed by atoms with E-state index in [0.29, 0.717) is 18.8 Å². The van der Waals surface area contributed by atoms with E-state index in [9.17, 15) is 9.59 Å². The van der Waals surface area contributed by atoms with E-state index >= 15 is 0 Å². The van der Waals surface area contributed by atoms with E-state index in [-0.39, 0.29) is 17.9 Å². The Morgan fingerprint density at radius 1 is 1.37 bits per heavy atom. The third-order valence-corrected chi connectivity index (χ3v) is 3.34. The zero-order chi connectivity index (χ0) is 14.9. The quantitative estimate of drug-likeness (QED) is 0.631. The Bertz CT molecular complexity index is 289. The van der Waals surface area contributed by atoms with Gasteiger partial charge in [-0.05, 0) is 11.8 Å². The molecule has 6 heteroatoms. The van der Waals surface area contributed by atoms with Crippen molar-refractivity contribution in [3.8, 4) is 0 Å². The molecule has 1 unspecified atom stereocenters. The summed E-state index contributed by atoms with van der Waals surface area (Å²) in [6, 6.07) is 0. The predicted molar refractivity (Wildman–Crippen MR) is 77.4 cm³/mol. The molecule has 0 aliphatic rings. The molecule has 0 saturated carbocycles. The van der Waals surface area contributed by atoms with Crippen LogP contribution in [0.15, 0.2) is 0 Å². The van der Waals surface area contributed by atoms with Gasteiger partial charge >= 0.3 is 5.97 Å². The number of amides is 1. The van der Waals surface area contributed by atoms with Crippen molar-refractivity contribution in [1.29, 1.82) is 0 Å². The van der Waals surface area contributed by atoms with E-state index in [1.165, 1.54) is 11.8 Å². The Morgan fingerprint density at radius 3 is 2.47 bits per heavy atom. The molecule has 0 aromatic rings. The summed E-state index contributed by atoms with van der Waals surface area (Å²) in [7, 11) is 1.62. The second-order valence-corrected chi connectivity index (χ2v) is 6.75. The standard InChI is InChI=1S/C13H25NO4S/c1-13(2,3)7-10(12(16)17)8-14-11(15)9-19-6-5-18-4/h10H,5-9H2,1-4H3,(H,14,15)(H,16,17). The average molecular weight is 291 g/mol. The topological polar surface area (TPSA) is 75.6 Å². The number of methoxy groups -OCH3 is 1. The van der Waals surface area contributed by atoms with Gasteiger partial charge in [0.25, 0.3) is 0 Å². The van der Waals surface area contributed by atoms with Gasteiger partial charge in [-0.2, -0.15) is 0 Å². The summed E-state index contributed by atoms with van der Waals surface area (Å²) in [5.74, 6) is -0.420. The number of carbonyl (C=O) groups excluding carboxylic acids is 1. The van der Waals surface area contributed by atoms with Gasteiger partial charge in [-0.15, -0.1) is 11.8 Å². The minimum absolute atomic E-state index is 0.0685. The van der Waals surface area contributed by atoms with E-state index < -0.39 is 11.9 Å². The van der Waals surface area contributed by atoms with Crippen molar-refractivity contribution in [2.75, 3.05) is 31.8 Å². The van der Waals surface area contributed by atoms with Crippen molar-refractivity contribution in [1.82, 2.24) is 5.32 Å². The maximum Gasteiger partial charge on any atom is 0.308 e. The highest BCUT2D eigenvalue weighted by Crippen LogP contribution is 2.24. The number of ether oxygens (including phenoxy) is 1. The Kier molecular flexibility index (Phi) is 8.84. The number of carbonyl (C=O) groups is 2. The molecule has 0 aliphatic heterocycles. The Labute approximate surface area is 119 Å². The summed E-state index contributed by atoms with van der Waals surface area (Å²) < 4.78 is 4.88. The second kappa shape index (κ2) is 9.20. The predicted octanol–water partition coefficient (Wildman–Crippen LogP) is 1.62. The van der Waals surface area contributed by atoms with Crippen LogP contribution in [0.25, 0.3) is 0 Å². The molecule has 0 saturated heterocycles. The maximum atomic E-state index is 11.5. The molecule has 0 rings (SSSR count). The lowest BCUT2D eigenvalue weighted by Gasteiger charge is -2.23. The van der Waals surface area contributed by atoms with Crippen molar-refractivity contribution >= 4 is 23.6 Å². The van der Waals surface area contributed by atoms with Gasteiger partial charge in [-0.25, -0.2) is 0 Å². The first-order valence-corrected chi connectivity index (χ1v) is 7.48. The fraction of sp³-hybridized carbons (Fsp3) is 0.846. The van der Waals surface area contributed by atoms with E-state index in [2.05, 4.69) is 5.32 Å². The fourth-order valence-electron chi connectivity index (χ4n) is 1.58. The number of nitrogens with one attached hydrogen (secondary N) is 1. The van der Waals surface area contributed by atoms with Crippen LogP contribution in [0.3, 0.4) is 0 Å². The van der Waals surface area contributed by atoms with Gasteiger partial charge in [0.1, 0.15) is 0 Å². The number of rotatable bonds is 9. The molecule has 112 valence electrons. The summed E-state index contributed by atoms with van der Waals surface area (Å²) >= 11 is 1.47. The lowest BCUT2D eigenvalue weighted by molar-refractivity contribution is -0.142. The molecule has 0 spiro atoms. The van der Waals surface area contributed by atoms with Crippen LogP contribution < -0.4 is 5.32 Å². The SMILES string of the molecule is COCCSCC(=O)NCC(CC(C)(C)C)C(=O)O. The number of hydrogen-bond acceptors (Lipinski definition) is 4. The molecule has 2 N–H and O–H groups in total. The maximum absolute atomic E-state index is 11.5. The van der Waals surface area contributed by atoms with Gasteiger partial charge in [-0.1, -0.05) is 20.8 Å². The van der Waals surface area contributed by atoms with Crippen LogP contribution in [0, 0.1) is 11.3 Å². The van der Waals surface area contributed by atoms with Crippen LogP contribution in [0.1, 0.15) is 27.2 Å². The minimum Gasteiger partial charge on any atom is -0.481 e. The second-order valence-electron chi connectivity index (χ2n) is 5.65. The lowest BCUT2D eigenvalue weighted by atomic mass is 9.84. The molecular weight excluding hydrogens is 266 g/mol. The highest BCUT2D eigenvalue weighted by atomic mass is 32.2. The van der Waals surface area contributed by atoms with Crippen LogP contribution >= 0.6 is 11.8 Å². The zero-order valence-corrected chi connectivity index (χ0v) is 13.0. The number of thioether (sulfide) groups is 1. The monoisotopic (exact) mass is 291 g/mol. The van der Waals surface area contributed by atoms with Crippen molar-refractivity contribution in [3.63, 3.8) is 0 Å². The Hall–Kier alpha value is -0.750. The largest absolute Gasteiger partial charge is 0.481 e. The number of aliphatic carboxylic acids is 1. The normalized spacial score (nSPS) is 13.1. The first kappa shape index (κ1) is 18.2. The highest BCUT2D eigenvalue weighted by Gasteiger charge is 2.24. The van der Waals surface area contributed by atoms with Crippen molar-refractivity contribution in [2.45, 2.75) is 27.2 Å². The lowest BCUT2D eigenvalue weighted by Crippen LogP contribution is -2.35. The van der Waals surface area contributed by atoms with Crippen LogP contribution in [0.4, 0.5) is 0 Å². The molecule has 0 heterocycles. The van der Waals surface area contributed by atoms with E-state index in [0.717, 1.165) is 5.75 Å². The highest BCUT2D eigenvalue weighted by molar-refractivity contribution is 7.99. The van der Waals surface area contributed by atoms with Crippen LogP contribution in [-0.4, -0.2) is 48.8 Å². The molecule has 0 bridgehead atoms. The first-order chi connectivity index (χ1) is 8.76.